The van der Waals surface area contributed by atoms with Crippen LogP contribution in [0.2, 0.25) is 0 Å². The summed E-state index contributed by atoms with van der Waals surface area (Å²) < 4.78 is 0. The van der Waals surface area contributed by atoms with Crippen molar-refractivity contribution in [3.63, 3.8) is 0 Å². The Kier molecular flexibility index (Phi) is 4.64. The van der Waals surface area contributed by atoms with Gasteiger partial charge in [-0.05, 0) is 29.8 Å². The minimum absolute atomic E-state index is 0.159. The number of hydrogen-bond donors (Lipinski definition) is 1. The molecule has 0 saturated heterocycles. The molecule has 2 rings (SSSR count). The van der Waals surface area contributed by atoms with Gasteiger partial charge < -0.3 is 10.0 Å². The summed E-state index contributed by atoms with van der Waals surface area (Å²) in [5.74, 6) is 0. The number of hydrogen-bond acceptors (Lipinski definition) is 4. The lowest BCUT2D eigenvalue weighted by molar-refractivity contribution is 0.304. The van der Waals surface area contributed by atoms with Crippen LogP contribution in [0.25, 0.3) is 12.2 Å². The first kappa shape index (κ1) is 13.2. The van der Waals surface area contributed by atoms with Gasteiger partial charge in [0.1, 0.15) is 6.33 Å². The molecule has 19 heavy (non-hydrogen) atoms. The number of nitrogens with zero attached hydrogens (tertiary/aromatic N) is 3. The highest BCUT2D eigenvalue weighted by atomic mass is 16.3. The number of anilines is 1. The molecule has 0 aliphatic carbocycles. The summed E-state index contributed by atoms with van der Waals surface area (Å²) >= 11 is 0. The molecule has 4 nitrogen and oxygen atoms in total. The molecular weight excluding hydrogens is 238 g/mol. The Balaban J connectivity index is 2.05. The fraction of sp³-hybridized carbons (Fsp3) is 0.200. The zero-order chi connectivity index (χ0) is 13.5. The van der Waals surface area contributed by atoms with Gasteiger partial charge in [-0.1, -0.05) is 18.2 Å². The van der Waals surface area contributed by atoms with E-state index in [2.05, 4.69) is 9.97 Å². The van der Waals surface area contributed by atoms with Gasteiger partial charge in [-0.2, -0.15) is 0 Å². The molecule has 1 heterocycles. The summed E-state index contributed by atoms with van der Waals surface area (Å²) in [5, 5.41) is 8.90. The second-order valence-corrected chi connectivity index (χ2v) is 4.20. The highest BCUT2D eigenvalue weighted by molar-refractivity contribution is 5.68. The molecule has 0 atom stereocenters. The lowest BCUT2D eigenvalue weighted by Crippen LogP contribution is -2.20. The Morgan fingerprint density at radius 1 is 1.16 bits per heavy atom. The lowest BCUT2D eigenvalue weighted by atomic mass is 10.1. The Bertz CT molecular complexity index is 523. The molecule has 0 spiro atoms. The van der Waals surface area contributed by atoms with E-state index >= 15 is 0 Å². The largest absolute Gasteiger partial charge is 0.395 e. The van der Waals surface area contributed by atoms with Crippen molar-refractivity contribution in [1.82, 2.24) is 9.97 Å². The van der Waals surface area contributed by atoms with Crippen LogP contribution in [0.4, 0.5) is 5.69 Å². The summed E-state index contributed by atoms with van der Waals surface area (Å²) in [5.41, 5.74) is 3.09. The molecule has 1 aromatic heterocycles. The first-order valence-corrected chi connectivity index (χ1v) is 6.16. The second kappa shape index (κ2) is 6.66. The molecule has 1 N–H and O–H groups in total. The highest BCUT2D eigenvalue weighted by Crippen LogP contribution is 2.15. The van der Waals surface area contributed by atoms with Crippen molar-refractivity contribution in [1.29, 1.82) is 0 Å². The van der Waals surface area contributed by atoms with Gasteiger partial charge in [0.05, 0.1) is 12.3 Å². The maximum Gasteiger partial charge on any atom is 0.115 e. The zero-order valence-corrected chi connectivity index (χ0v) is 10.9. The average Bonchev–Trinajstić information content (AvgIpc) is 2.47. The molecule has 98 valence electrons. The van der Waals surface area contributed by atoms with Crippen LogP contribution in [0.1, 0.15) is 11.3 Å². The first-order chi connectivity index (χ1) is 9.29. The van der Waals surface area contributed by atoms with Crippen molar-refractivity contribution in [3.8, 4) is 0 Å². The Hall–Kier alpha value is -2.20. The third-order valence-corrected chi connectivity index (χ3v) is 2.82. The number of aromatic nitrogens is 2. The van der Waals surface area contributed by atoms with E-state index in [4.69, 9.17) is 5.11 Å². The van der Waals surface area contributed by atoms with Gasteiger partial charge >= 0.3 is 0 Å². The molecule has 0 radical (unpaired) electrons. The minimum Gasteiger partial charge on any atom is -0.395 e. The summed E-state index contributed by atoms with van der Waals surface area (Å²) in [4.78, 5) is 10.0. The SMILES string of the molecule is CN(CCO)c1ccc(C=Cc2ccncn2)cc1. The van der Waals surface area contributed by atoms with Gasteiger partial charge in [-0.25, -0.2) is 9.97 Å². The zero-order valence-electron chi connectivity index (χ0n) is 10.9. The van der Waals surface area contributed by atoms with Crippen LogP contribution < -0.4 is 4.90 Å². The van der Waals surface area contributed by atoms with E-state index in [9.17, 15) is 0 Å². The highest BCUT2D eigenvalue weighted by Gasteiger charge is 1.98. The smallest absolute Gasteiger partial charge is 0.115 e. The third kappa shape index (κ3) is 3.89. The number of likely N-dealkylation sites (N-methyl/N-ethyl adjacent to an activating group) is 1. The van der Waals surface area contributed by atoms with Gasteiger partial charge in [0, 0.05) is 25.5 Å². The molecule has 0 saturated carbocycles. The topological polar surface area (TPSA) is 49.2 Å². The fourth-order valence-corrected chi connectivity index (χ4v) is 1.70. The Morgan fingerprint density at radius 3 is 2.58 bits per heavy atom. The fourth-order valence-electron chi connectivity index (χ4n) is 1.70. The number of rotatable bonds is 5. The minimum atomic E-state index is 0.159. The summed E-state index contributed by atoms with van der Waals surface area (Å²) in [7, 11) is 1.96. The summed E-state index contributed by atoms with van der Waals surface area (Å²) in [6, 6.07) is 10.0. The van der Waals surface area contributed by atoms with E-state index in [-0.39, 0.29) is 6.61 Å². The van der Waals surface area contributed by atoms with E-state index in [1.807, 2.05) is 54.4 Å². The van der Waals surface area contributed by atoms with E-state index < -0.39 is 0 Å². The number of aliphatic hydroxyl groups excluding tert-OH is 1. The van der Waals surface area contributed by atoms with Crippen LogP contribution in [0.5, 0.6) is 0 Å². The van der Waals surface area contributed by atoms with Crippen LogP contribution in [-0.4, -0.2) is 35.3 Å². The Morgan fingerprint density at radius 2 is 1.95 bits per heavy atom. The second-order valence-electron chi connectivity index (χ2n) is 4.20. The molecule has 0 amide bonds. The van der Waals surface area contributed by atoms with E-state index in [0.29, 0.717) is 6.54 Å². The monoisotopic (exact) mass is 255 g/mol. The van der Waals surface area contributed by atoms with Crippen molar-refractivity contribution in [3.05, 3.63) is 54.1 Å². The summed E-state index contributed by atoms with van der Waals surface area (Å²) in [6.07, 6.45) is 7.22. The van der Waals surface area contributed by atoms with Gasteiger partial charge in [0.15, 0.2) is 0 Å². The lowest BCUT2D eigenvalue weighted by Gasteiger charge is -2.17. The molecule has 0 bridgehead atoms. The Labute approximate surface area is 113 Å². The third-order valence-electron chi connectivity index (χ3n) is 2.82. The van der Waals surface area contributed by atoms with Crippen molar-refractivity contribution in [2.75, 3.05) is 25.1 Å². The van der Waals surface area contributed by atoms with Crippen LogP contribution in [0.3, 0.4) is 0 Å². The van der Waals surface area contributed by atoms with Crippen molar-refractivity contribution in [2.45, 2.75) is 0 Å². The molecule has 0 fully saturated rings. The summed E-state index contributed by atoms with van der Waals surface area (Å²) in [6.45, 7) is 0.794. The van der Waals surface area contributed by atoms with E-state index in [0.717, 1.165) is 16.9 Å². The first-order valence-electron chi connectivity index (χ1n) is 6.16. The number of aliphatic hydroxyl groups is 1. The van der Waals surface area contributed by atoms with Gasteiger partial charge in [-0.15, -0.1) is 0 Å². The molecule has 0 aliphatic rings. The molecule has 4 heteroatoms. The van der Waals surface area contributed by atoms with Crippen LogP contribution in [0, 0.1) is 0 Å². The maximum atomic E-state index is 8.90. The van der Waals surface area contributed by atoms with Crippen LogP contribution in [0.15, 0.2) is 42.9 Å². The number of benzene rings is 1. The van der Waals surface area contributed by atoms with Crippen molar-refractivity contribution < 1.29 is 5.11 Å². The quantitative estimate of drug-likeness (QED) is 0.888. The van der Waals surface area contributed by atoms with Gasteiger partial charge in [0.2, 0.25) is 0 Å². The molecule has 0 unspecified atom stereocenters. The molecule has 2 aromatic rings. The van der Waals surface area contributed by atoms with Gasteiger partial charge in [0.25, 0.3) is 0 Å². The van der Waals surface area contributed by atoms with E-state index in [1.165, 1.54) is 6.33 Å². The van der Waals surface area contributed by atoms with Crippen molar-refractivity contribution >= 4 is 17.8 Å². The normalized spacial score (nSPS) is 10.8. The standard InChI is InChI=1S/C15H17N3O/c1-18(10-11-19)15-6-3-13(4-7-15)2-5-14-8-9-16-12-17-14/h2-9,12,19H,10-11H2,1H3. The van der Waals surface area contributed by atoms with Crippen LogP contribution in [-0.2, 0) is 0 Å². The molecule has 0 aliphatic heterocycles. The molecule has 1 aromatic carbocycles. The predicted molar refractivity (Wildman–Crippen MR) is 77.8 cm³/mol. The van der Waals surface area contributed by atoms with Crippen molar-refractivity contribution in [2.24, 2.45) is 0 Å². The van der Waals surface area contributed by atoms with Crippen LogP contribution >= 0.6 is 0 Å². The van der Waals surface area contributed by atoms with Gasteiger partial charge in [-0.3, -0.25) is 0 Å². The average molecular weight is 255 g/mol. The predicted octanol–water partition coefficient (Wildman–Crippen LogP) is 2.08. The molecular formula is C15H17N3O. The van der Waals surface area contributed by atoms with E-state index in [1.54, 1.807) is 6.20 Å². The maximum absolute atomic E-state index is 8.90.